The van der Waals surface area contributed by atoms with E-state index in [1.165, 1.54) is 14.2 Å². The first-order valence-corrected chi connectivity index (χ1v) is 11.5. The van der Waals surface area contributed by atoms with Crippen LogP contribution in [0.3, 0.4) is 0 Å². The highest BCUT2D eigenvalue weighted by Crippen LogP contribution is 2.11. The molecule has 0 saturated heterocycles. The van der Waals surface area contributed by atoms with Crippen molar-refractivity contribution in [2.45, 2.75) is 49.0 Å². The topological polar surface area (TPSA) is 139 Å². The number of hydrogen-bond donors (Lipinski definition) is 2. The maximum atomic E-state index is 11.0. The summed E-state index contributed by atoms with van der Waals surface area (Å²) in [5, 5.41) is 9.07. The van der Waals surface area contributed by atoms with Gasteiger partial charge in [0.05, 0.1) is 10.5 Å². The van der Waals surface area contributed by atoms with Crippen molar-refractivity contribution in [1.29, 1.82) is 0 Å². The fourth-order valence-corrected chi connectivity index (χ4v) is 3.83. The maximum Gasteiger partial charge on any atom is 0.212 e. The number of sulfonamides is 2. The molecule has 156 valence electrons. The number of nitrogens with two attached hydrogens (primary N) is 2. The van der Waals surface area contributed by atoms with Gasteiger partial charge in [0.25, 0.3) is 0 Å². The van der Waals surface area contributed by atoms with Gasteiger partial charge in [0.15, 0.2) is 0 Å². The highest BCUT2D eigenvalue weighted by atomic mass is 32.2. The van der Waals surface area contributed by atoms with Gasteiger partial charge in [-0.3, -0.25) is 0 Å². The Morgan fingerprint density at radius 3 is 1.27 bits per heavy atom. The Balaban J connectivity index is 0. The van der Waals surface area contributed by atoms with Crippen LogP contribution in [0.15, 0.2) is 25.3 Å². The lowest BCUT2D eigenvalue weighted by Crippen LogP contribution is -2.29. The van der Waals surface area contributed by atoms with Crippen LogP contribution in [-0.4, -0.2) is 54.8 Å². The Morgan fingerprint density at radius 2 is 1.08 bits per heavy atom. The minimum absolute atomic E-state index is 0.415. The molecule has 0 aromatic rings. The van der Waals surface area contributed by atoms with E-state index in [0.29, 0.717) is 51.7 Å². The molecule has 26 heavy (non-hydrogen) atoms. The van der Waals surface area contributed by atoms with Gasteiger partial charge in [0, 0.05) is 27.4 Å². The Labute approximate surface area is 158 Å². The lowest BCUT2D eigenvalue weighted by molar-refractivity contribution is 0.192. The molecule has 10 heteroatoms. The molecule has 0 fully saturated rings. The molecule has 0 heterocycles. The van der Waals surface area contributed by atoms with Gasteiger partial charge in [0.1, 0.15) is 0 Å². The molecule has 0 unspecified atom stereocenters. The Hall–Kier alpha value is -0.780. The second-order valence-electron chi connectivity index (χ2n) is 5.72. The maximum absolute atomic E-state index is 11.0. The van der Waals surface area contributed by atoms with E-state index in [4.69, 9.17) is 19.8 Å². The molecular formula is C16H34N2O6S2. The summed E-state index contributed by atoms with van der Waals surface area (Å²) in [7, 11) is -3.80. The highest BCUT2D eigenvalue weighted by Gasteiger charge is 2.20. The van der Waals surface area contributed by atoms with Crippen molar-refractivity contribution in [1.82, 2.24) is 0 Å². The average molecular weight is 415 g/mol. The SMILES string of the molecule is C=CCC[C@@H](CCOC)S(N)(=O)=O.C=CCC[C@H](CCOC)S(N)(=O)=O. The molecule has 0 aromatic heterocycles. The van der Waals surface area contributed by atoms with Crippen molar-refractivity contribution in [2.24, 2.45) is 10.3 Å². The van der Waals surface area contributed by atoms with Crippen molar-refractivity contribution in [2.75, 3.05) is 27.4 Å². The van der Waals surface area contributed by atoms with E-state index in [1.54, 1.807) is 12.2 Å². The summed E-state index contributed by atoms with van der Waals surface area (Å²) in [5.74, 6) is 0. The first-order chi connectivity index (χ1) is 12.0. The normalized spacial score (nSPS) is 14.0. The Morgan fingerprint density at radius 1 is 0.769 bits per heavy atom. The molecule has 0 radical (unpaired) electrons. The minimum atomic E-state index is -3.44. The zero-order valence-corrected chi connectivity index (χ0v) is 17.4. The molecule has 0 aliphatic carbocycles. The van der Waals surface area contributed by atoms with Crippen molar-refractivity contribution >= 4 is 20.0 Å². The highest BCUT2D eigenvalue weighted by molar-refractivity contribution is 7.90. The van der Waals surface area contributed by atoms with Gasteiger partial charge >= 0.3 is 0 Å². The third-order valence-corrected chi connectivity index (χ3v) is 6.40. The molecule has 0 aromatic carbocycles. The quantitative estimate of drug-likeness (QED) is 0.411. The van der Waals surface area contributed by atoms with Crippen LogP contribution >= 0.6 is 0 Å². The molecule has 4 N–H and O–H groups in total. The summed E-state index contributed by atoms with van der Waals surface area (Å²) in [6, 6.07) is 0. The molecular weight excluding hydrogens is 380 g/mol. The largest absolute Gasteiger partial charge is 0.385 e. The van der Waals surface area contributed by atoms with Gasteiger partial charge in [-0.05, 0) is 38.5 Å². The van der Waals surface area contributed by atoms with Crippen LogP contribution in [0.1, 0.15) is 38.5 Å². The lowest BCUT2D eigenvalue weighted by atomic mass is 10.2. The molecule has 0 saturated carbocycles. The summed E-state index contributed by atoms with van der Waals surface area (Å²) in [6.07, 6.45) is 6.62. The summed E-state index contributed by atoms with van der Waals surface area (Å²) in [6.45, 7) is 7.89. The molecule has 2 atom stereocenters. The van der Waals surface area contributed by atoms with E-state index in [1.807, 2.05) is 0 Å². The van der Waals surface area contributed by atoms with E-state index in [9.17, 15) is 16.8 Å². The van der Waals surface area contributed by atoms with Crippen molar-refractivity contribution in [3.05, 3.63) is 25.3 Å². The van der Waals surface area contributed by atoms with Crippen LogP contribution in [-0.2, 0) is 29.5 Å². The van der Waals surface area contributed by atoms with Crippen LogP contribution in [0.2, 0.25) is 0 Å². The van der Waals surface area contributed by atoms with Gasteiger partial charge in [-0.25, -0.2) is 27.1 Å². The third kappa shape index (κ3) is 15.5. The van der Waals surface area contributed by atoms with Gasteiger partial charge in [-0.15, -0.1) is 13.2 Å². The lowest BCUT2D eigenvalue weighted by Gasteiger charge is -2.12. The van der Waals surface area contributed by atoms with E-state index in [0.717, 1.165) is 0 Å². The Kier molecular flexibility index (Phi) is 16.1. The number of hydrogen-bond acceptors (Lipinski definition) is 6. The van der Waals surface area contributed by atoms with Gasteiger partial charge < -0.3 is 9.47 Å². The fourth-order valence-electron chi connectivity index (χ4n) is 2.05. The van der Waals surface area contributed by atoms with E-state index >= 15 is 0 Å². The third-order valence-electron chi connectivity index (χ3n) is 3.60. The van der Waals surface area contributed by atoms with E-state index < -0.39 is 30.5 Å². The molecule has 0 bridgehead atoms. The second kappa shape index (κ2) is 15.3. The molecule has 0 aliphatic heterocycles. The van der Waals surface area contributed by atoms with Gasteiger partial charge in [-0.2, -0.15) is 0 Å². The summed E-state index contributed by atoms with van der Waals surface area (Å²) >= 11 is 0. The van der Waals surface area contributed by atoms with Gasteiger partial charge in [-0.1, -0.05) is 12.2 Å². The minimum Gasteiger partial charge on any atom is -0.385 e. The number of primary sulfonamides is 2. The van der Waals surface area contributed by atoms with Crippen molar-refractivity contribution in [3.63, 3.8) is 0 Å². The molecule has 0 amide bonds. The van der Waals surface area contributed by atoms with Crippen molar-refractivity contribution < 1.29 is 26.3 Å². The number of ether oxygens (including phenoxy) is 2. The van der Waals surface area contributed by atoms with Gasteiger partial charge in [0.2, 0.25) is 20.0 Å². The van der Waals surface area contributed by atoms with Crippen LogP contribution in [0.4, 0.5) is 0 Å². The average Bonchev–Trinajstić information content (AvgIpc) is 2.53. The first kappa shape index (κ1) is 27.4. The van der Waals surface area contributed by atoms with E-state index in [-0.39, 0.29) is 0 Å². The van der Waals surface area contributed by atoms with Crippen LogP contribution < -0.4 is 10.3 Å². The summed E-state index contributed by atoms with van der Waals surface area (Å²) < 4.78 is 53.7. The smallest absolute Gasteiger partial charge is 0.212 e. The summed E-state index contributed by atoms with van der Waals surface area (Å²) in [5.41, 5.74) is 0. The molecule has 8 nitrogen and oxygen atoms in total. The number of allylic oxidation sites excluding steroid dienone is 2. The standard InChI is InChI=1S/2C8H17NO3S/c2*1-3-4-5-8(6-7-12-2)13(9,10)11/h2*3,8H,1,4-7H2,2H3,(H2,9,10,11)/t2*8-/m10/s1. The number of rotatable bonds is 14. The summed E-state index contributed by atoms with van der Waals surface area (Å²) in [4.78, 5) is 0. The zero-order valence-electron chi connectivity index (χ0n) is 15.8. The zero-order chi connectivity index (χ0) is 20.6. The fraction of sp³-hybridized carbons (Fsp3) is 0.750. The second-order valence-corrected chi connectivity index (χ2v) is 9.41. The molecule has 0 aliphatic rings. The first-order valence-electron chi connectivity index (χ1n) is 8.27. The Bertz CT molecular complexity index is 524. The molecule has 0 rings (SSSR count). The van der Waals surface area contributed by atoms with Crippen LogP contribution in [0, 0.1) is 0 Å². The van der Waals surface area contributed by atoms with Crippen molar-refractivity contribution in [3.8, 4) is 0 Å². The van der Waals surface area contributed by atoms with E-state index in [2.05, 4.69) is 13.2 Å². The molecule has 0 spiro atoms. The monoisotopic (exact) mass is 414 g/mol. The van der Waals surface area contributed by atoms with Crippen LogP contribution in [0.25, 0.3) is 0 Å². The van der Waals surface area contributed by atoms with Crippen LogP contribution in [0.5, 0.6) is 0 Å². The predicted octanol–water partition coefficient (Wildman–Crippen LogP) is 1.29. The predicted molar refractivity (Wildman–Crippen MR) is 106 cm³/mol. The number of methoxy groups -OCH3 is 2.